The van der Waals surface area contributed by atoms with E-state index in [9.17, 15) is 9.59 Å². The highest BCUT2D eigenvalue weighted by molar-refractivity contribution is 6.30. The number of piperidine rings is 1. The predicted octanol–water partition coefficient (Wildman–Crippen LogP) is 4.54. The average Bonchev–Trinajstić information content (AvgIpc) is 2.68. The minimum atomic E-state index is -0.262. The lowest BCUT2D eigenvalue weighted by atomic mass is 9.83. The van der Waals surface area contributed by atoms with Crippen LogP contribution in [-0.2, 0) is 4.79 Å². The number of amides is 2. The third-order valence-electron chi connectivity index (χ3n) is 5.88. The Balaban J connectivity index is 1.51. The molecule has 29 heavy (non-hydrogen) atoms. The van der Waals surface area contributed by atoms with Crippen LogP contribution in [0.3, 0.4) is 0 Å². The van der Waals surface area contributed by atoms with Crippen LogP contribution in [0.25, 0.3) is 0 Å². The van der Waals surface area contributed by atoms with Gasteiger partial charge in [-0.3, -0.25) is 9.59 Å². The van der Waals surface area contributed by atoms with Gasteiger partial charge in [0.25, 0.3) is 5.91 Å². The first-order valence-corrected chi connectivity index (χ1v) is 10.6. The van der Waals surface area contributed by atoms with Crippen LogP contribution in [0.15, 0.2) is 30.5 Å². The second kappa shape index (κ2) is 8.49. The van der Waals surface area contributed by atoms with Gasteiger partial charge in [0.15, 0.2) is 5.82 Å². The molecule has 1 atom stereocenters. The molecule has 2 fully saturated rings. The Morgan fingerprint density at radius 3 is 2.52 bits per heavy atom. The molecule has 0 spiro atoms. The van der Waals surface area contributed by atoms with Crippen molar-refractivity contribution >= 4 is 29.1 Å². The first-order valence-electron chi connectivity index (χ1n) is 10.2. The number of nitrogens with zero attached hydrogens (tertiary/aromatic N) is 3. The monoisotopic (exact) mass is 412 g/mol. The number of benzene rings is 1. The summed E-state index contributed by atoms with van der Waals surface area (Å²) in [6.07, 6.45) is 7.65. The van der Waals surface area contributed by atoms with E-state index in [1.165, 1.54) is 0 Å². The molecule has 1 aromatic heterocycles. The van der Waals surface area contributed by atoms with Gasteiger partial charge in [-0.25, -0.2) is 9.97 Å². The Morgan fingerprint density at radius 2 is 1.86 bits per heavy atom. The van der Waals surface area contributed by atoms with Crippen molar-refractivity contribution in [1.29, 1.82) is 0 Å². The van der Waals surface area contributed by atoms with Crippen molar-refractivity contribution in [1.82, 2.24) is 14.9 Å². The molecule has 7 heteroatoms. The molecule has 1 saturated carbocycles. The van der Waals surface area contributed by atoms with Gasteiger partial charge in [-0.2, -0.15) is 0 Å². The Hall–Kier alpha value is -2.47. The third-order valence-corrected chi connectivity index (χ3v) is 6.13. The fourth-order valence-electron chi connectivity index (χ4n) is 3.95. The van der Waals surface area contributed by atoms with Gasteiger partial charge in [0, 0.05) is 29.4 Å². The lowest BCUT2D eigenvalue weighted by Crippen LogP contribution is -2.44. The van der Waals surface area contributed by atoms with Crippen LogP contribution >= 0.6 is 11.6 Å². The van der Waals surface area contributed by atoms with E-state index >= 15 is 0 Å². The van der Waals surface area contributed by atoms with Crippen LogP contribution in [0.4, 0.5) is 5.69 Å². The number of likely N-dealkylation sites (tertiary alicyclic amines) is 1. The smallest absolute Gasteiger partial charge is 0.259 e. The van der Waals surface area contributed by atoms with Crippen molar-refractivity contribution in [3.63, 3.8) is 0 Å². The Labute approximate surface area is 175 Å². The number of hydrogen-bond donors (Lipinski definition) is 1. The number of halogens is 1. The van der Waals surface area contributed by atoms with E-state index in [4.69, 9.17) is 11.6 Å². The maximum absolute atomic E-state index is 12.8. The summed E-state index contributed by atoms with van der Waals surface area (Å²) in [5, 5.41) is 3.45. The molecule has 2 aromatic rings. The molecule has 1 aliphatic heterocycles. The SMILES string of the molecule is Cc1nc([C@H]2CCCCN2C(=O)C2CCC2)ncc1C(=O)Nc1ccc(Cl)cc1. The molecule has 1 saturated heterocycles. The van der Waals surface area contributed by atoms with Gasteiger partial charge in [0.2, 0.25) is 5.91 Å². The lowest BCUT2D eigenvalue weighted by Gasteiger charge is -2.39. The van der Waals surface area contributed by atoms with Crippen LogP contribution < -0.4 is 5.32 Å². The highest BCUT2D eigenvalue weighted by atomic mass is 35.5. The summed E-state index contributed by atoms with van der Waals surface area (Å²) in [5.41, 5.74) is 1.70. The topological polar surface area (TPSA) is 75.2 Å². The molecule has 2 amide bonds. The summed E-state index contributed by atoms with van der Waals surface area (Å²) in [7, 11) is 0. The van der Waals surface area contributed by atoms with Crippen molar-refractivity contribution < 1.29 is 9.59 Å². The molecule has 0 radical (unpaired) electrons. The average molecular weight is 413 g/mol. The van der Waals surface area contributed by atoms with Crippen molar-refractivity contribution in [2.45, 2.75) is 51.5 Å². The third kappa shape index (κ3) is 4.27. The van der Waals surface area contributed by atoms with Gasteiger partial charge in [-0.1, -0.05) is 18.0 Å². The van der Waals surface area contributed by atoms with Gasteiger partial charge in [-0.15, -0.1) is 0 Å². The molecule has 0 unspecified atom stereocenters. The molecule has 0 bridgehead atoms. The summed E-state index contributed by atoms with van der Waals surface area (Å²) >= 11 is 5.89. The molecule has 2 heterocycles. The largest absolute Gasteiger partial charge is 0.332 e. The Kier molecular flexibility index (Phi) is 5.81. The van der Waals surface area contributed by atoms with Gasteiger partial charge in [0.1, 0.15) is 0 Å². The molecular formula is C22H25ClN4O2. The van der Waals surface area contributed by atoms with Crippen molar-refractivity contribution in [2.24, 2.45) is 5.92 Å². The summed E-state index contributed by atoms with van der Waals surface area (Å²) < 4.78 is 0. The van der Waals surface area contributed by atoms with E-state index in [0.29, 0.717) is 27.8 Å². The number of aromatic nitrogens is 2. The maximum atomic E-state index is 12.8. The second-order valence-corrected chi connectivity index (χ2v) is 8.30. The van der Waals surface area contributed by atoms with Crippen LogP contribution in [0.5, 0.6) is 0 Å². The summed E-state index contributed by atoms with van der Waals surface area (Å²) in [5.74, 6) is 0.785. The molecule has 4 rings (SSSR count). The minimum Gasteiger partial charge on any atom is -0.332 e. The zero-order chi connectivity index (χ0) is 20.4. The predicted molar refractivity (Wildman–Crippen MR) is 112 cm³/mol. The lowest BCUT2D eigenvalue weighted by molar-refractivity contribution is -0.142. The van der Waals surface area contributed by atoms with Gasteiger partial charge in [-0.05, 0) is 63.3 Å². The van der Waals surface area contributed by atoms with Gasteiger partial charge < -0.3 is 10.2 Å². The number of rotatable bonds is 4. The second-order valence-electron chi connectivity index (χ2n) is 7.86. The molecule has 1 N–H and O–H groups in total. The summed E-state index contributed by atoms with van der Waals surface area (Å²) in [4.78, 5) is 36.6. The van der Waals surface area contributed by atoms with Crippen LogP contribution in [0.1, 0.15) is 66.4 Å². The zero-order valence-electron chi connectivity index (χ0n) is 16.5. The molecule has 2 aliphatic rings. The van der Waals surface area contributed by atoms with Crippen molar-refractivity contribution in [3.05, 3.63) is 52.6 Å². The summed E-state index contributed by atoms with van der Waals surface area (Å²) in [6, 6.07) is 6.85. The van der Waals surface area contributed by atoms with E-state index in [0.717, 1.165) is 45.1 Å². The van der Waals surface area contributed by atoms with Crippen LogP contribution in [-0.4, -0.2) is 33.2 Å². The normalized spacial score (nSPS) is 19.5. The molecule has 6 nitrogen and oxygen atoms in total. The number of carbonyl (C=O) groups excluding carboxylic acids is 2. The number of carbonyl (C=O) groups is 2. The summed E-state index contributed by atoms with van der Waals surface area (Å²) in [6.45, 7) is 2.57. The Bertz CT molecular complexity index is 912. The highest BCUT2D eigenvalue weighted by Crippen LogP contribution is 2.35. The van der Waals surface area contributed by atoms with E-state index < -0.39 is 0 Å². The number of hydrogen-bond acceptors (Lipinski definition) is 4. The first kappa shape index (κ1) is 19.8. The quantitative estimate of drug-likeness (QED) is 0.799. The minimum absolute atomic E-state index is 0.0936. The molecule has 152 valence electrons. The highest BCUT2D eigenvalue weighted by Gasteiger charge is 2.36. The van der Waals surface area contributed by atoms with E-state index in [1.54, 1.807) is 30.5 Å². The molecule has 1 aliphatic carbocycles. The Morgan fingerprint density at radius 1 is 1.10 bits per heavy atom. The van der Waals surface area contributed by atoms with Gasteiger partial charge >= 0.3 is 0 Å². The van der Waals surface area contributed by atoms with Crippen LogP contribution in [0.2, 0.25) is 5.02 Å². The standard InChI is InChI=1S/C22H25ClN4O2/c1-14-18(21(28)26-17-10-8-16(23)9-11-17)13-24-20(25-14)19-7-2-3-12-27(19)22(29)15-5-4-6-15/h8-11,13,15,19H,2-7,12H2,1H3,(H,26,28)/t19-/m1/s1. The van der Waals surface area contributed by atoms with E-state index in [2.05, 4.69) is 15.3 Å². The van der Waals surface area contributed by atoms with E-state index in [-0.39, 0.29) is 23.8 Å². The number of aryl methyl sites for hydroxylation is 1. The molecular weight excluding hydrogens is 388 g/mol. The fourth-order valence-corrected chi connectivity index (χ4v) is 4.08. The first-order chi connectivity index (χ1) is 14.0. The van der Waals surface area contributed by atoms with Crippen LogP contribution in [0, 0.1) is 12.8 Å². The maximum Gasteiger partial charge on any atom is 0.259 e. The van der Waals surface area contributed by atoms with Crippen molar-refractivity contribution in [2.75, 3.05) is 11.9 Å². The number of anilines is 1. The fraction of sp³-hybridized carbons (Fsp3) is 0.455. The van der Waals surface area contributed by atoms with E-state index in [1.807, 2.05) is 11.8 Å². The van der Waals surface area contributed by atoms with Crippen molar-refractivity contribution in [3.8, 4) is 0 Å². The van der Waals surface area contributed by atoms with Gasteiger partial charge in [0.05, 0.1) is 17.3 Å². The number of nitrogens with one attached hydrogen (secondary N) is 1. The molecule has 1 aromatic carbocycles. The zero-order valence-corrected chi connectivity index (χ0v) is 17.3.